The number of fused-ring (bicyclic) bond motifs is 1. The number of carbonyl (C=O) groups excluding carboxylic acids is 3. The summed E-state index contributed by atoms with van der Waals surface area (Å²) in [5, 5.41) is 0.262. The minimum absolute atomic E-state index is 0.211. The van der Waals surface area contributed by atoms with Crippen molar-refractivity contribution in [3.63, 3.8) is 0 Å². The normalized spacial score (nSPS) is 18.7. The molecule has 1 atom stereocenters. The number of nitrogens with one attached hydrogen (secondary N) is 2. The van der Waals surface area contributed by atoms with Gasteiger partial charge in [0, 0.05) is 6.42 Å². The second kappa shape index (κ2) is 6.57. The summed E-state index contributed by atoms with van der Waals surface area (Å²) in [7, 11) is 0. The Morgan fingerprint density at radius 1 is 1.08 bits per heavy atom. The van der Waals surface area contributed by atoms with Crippen LogP contribution >= 0.6 is 11.6 Å². The monoisotopic (exact) mass is 358 g/mol. The number of benzene rings is 2. The first kappa shape index (κ1) is 17.0. The molecule has 0 radical (unpaired) electrons. The van der Waals surface area contributed by atoms with Crippen molar-refractivity contribution in [2.75, 3.05) is 0 Å². The molecule has 2 amide bonds. The molecule has 7 heteroatoms. The first-order valence-corrected chi connectivity index (χ1v) is 7.95. The summed E-state index contributed by atoms with van der Waals surface area (Å²) in [6.07, 6.45) is 0.211. The number of halogens is 1. The molecule has 0 aromatic heterocycles. The van der Waals surface area contributed by atoms with Crippen molar-refractivity contribution in [3.05, 3.63) is 70.2 Å². The smallest absolute Gasteiger partial charge is 0.339 e. The minimum Gasteiger partial charge on any atom is -0.445 e. The lowest BCUT2D eigenvalue weighted by molar-refractivity contribution is -0.140. The minimum atomic E-state index is -1.42. The first-order chi connectivity index (χ1) is 11.9. The predicted octanol–water partition coefficient (Wildman–Crippen LogP) is 2.27. The van der Waals surface area contributed by atoms with Crippen LogP contribution in [0.3, 0.4) is 0 Å². The number of hydrogen-bond donors (Lipinski definition) is 2. The Kier molecular flexibility index (Phi) is 4.46. The molecule has 0 spiro atoms. The van der Waals surface area contributed by atoms with Crippen LogP contribution in [-0.4, -0.2) is 23.4 Å². The summed E-state index contributed by atoms with van der Waals surface area (Å²) in [4.78, 5) is 36.7. The van der Waals surface area contributed by atoms with E-state index in [1.165, 1.54) is 13.0 Å². The van der Waals surface area contributed by atoms with Gasteiger partial charge in [-0.2, -0.15) is 0 Å². The van der Waals surface area contributed by atoms with Gasteiger partial charge in [-0.25, -0.2) is 4.79 Å². The highest BCUT2D eigenvalue weighted by Gasteiger charge is 2.42. The fraction of sp³-hybridized carbons (Fsp3) is 0.167. The number of hydrogen-bond acceptors (Lipinski definition) is 4. The SMILES string of the molecule is CC1(C(=O)NNC(=O)c2ccccc2Cl)Cc2ccccc2C(=O)O1. The van der Waals surface area contributed by atoms with Crippen LogP contribution in [-0.2, 0) is 16.0 Å². The molecule has 3 rings (SSSR count). The molecule has 0 aliphatic carbocycles. The Hall–Kier alpha value is -2.86. The Morgan fingerprint density at radius 2 is 1.76 bits per heavy atom. The van der Waals surface area contributed by atoms with Crippen LogP contribution in [0.5, 0.6) is 0 Å². The van der Waals surface area contributed by atoms with Crippen LogP contribution in [0.15, 0.2) is 48.5 Å². The molecule has 0 bridgehead atoms. The zero-order valence-electron chi connectivity index (χ0n) is 13.3. The molecule has 6 nitrogen and oxygen atoms in total. The predicted molar refractivity (Wildman–Crippen MR) is 91.0 cm³/mol. The van der Waals surface area contributed by atoms with E-state index in [0.29, 0.717) is 11.1 Å². The fourth-order valence-corrected chi connectivity index (χ4v) is 2.84. The third-order valence-corrected chi connectivity index (χ3v) is 4.30. The van der Waals surface area contributed by atoms with E-state index in [0.717, 1.165) is 0 Å². The summed E-state index contributed by atoms with van der Waals surface area (Å²) in [6.45, 7) is 1.50. The summed E-state index contributed by atoms with van der Waals surface area (Å²) < 4.78 is 5.30. The van der Waals surface area contributed by atoms with Gasteiger partial charge in [-0.1, -0.05) is 41.9 Å². The lowest BCUT2D eigenvalue weighted by Gasteiger charge is -2.32. The molecule has 1 aliphatic rings. The average Bonchev–Trinajstić information content (AvgIpc) is 2.59. The third-order valence-electron chi connectivity index (χ3n) is 3.97. The van der Waals surface area contributed by atoms with Gasteiger partial charge < -0.3 is 4.74 Å². The van der Waals surface area contributed by atoms with Gasteiger partial charge in [0.1, 0.15) is 0 Å². The molecule has 2 aromatic rings. The molecule has 0 saturated heterocycles. The topological polar surface area (TPSA) is 84.5 Å². The number of ether oxygens (including phenoxy) is 1. The molecule has 0 saturated carbocycles. The standard InChI is InChI=1S/C18H15ClN2O4/c1-18(10-11-6-2-3-7-12(11)16(23)25-18)17(24)21-20-15(22)13-8-4-5-9-14(13)19/h2-9H,10H2,1H3,(H,20,22)(H,21,24). The summed E-state index contributed by atoms with van der Waals surface area (Å²) >= 11 is 5.94. The highest BCUT2D eigenvalue weighted by Crippen LogP contribution is 2.28. The molecule has 25 heavy (non-hydrogen) atoms. The zero-order chi connectivity index (χ0) is 18.0. The molecule has 2 aromatic carbocycles. The highest BCUT2D eigenvalue weighted by molar-refractivity contribution is 6.33. The van der Waals surface area contributed by atoms with Crippen LogP contribution in [0.2, 0.25) is 5.02 Å². The Balaban J connectivity index is 1.70. The van der Waals surface area contributed by atoms with E-state index in [9.17, 15) is 14.4 Å². The molecule has 2 N–H and O–H groups in total. The Morgan fingerprint density at radius 3 is 2.52 bits per heavy atom. The van der Waals surface area contributed by atoms with Gasteiger partial charge >= 0.3 is 5.97 Å². The van der Waals surface area contributed by atoms with Gasteiger partial charge in [-0.3, -0.25) is 20.4 Å². The van der Waals surface area contributed by atoms with Gasteiger partial charge in [-0.15, -0.1) is 0 Å². The van der Waals surface area contributed by atoms with Crippen LogP contribution in [0.25, 0.3) is 0 Å². The molecular weight excluding hydrogens is 344 g/mol. The van der Waals surface area contributed by atoms with Crippen molar-refractivity contribution in [1.82, 2.24) is 10.9 Å². The van der Waals surface area contributed by atoms with Crippen LogP contribution in [0, 0.1) is 0 Å². The molecule has 0 fully saturated rings. The second-order valence-corrected chi connectivity index (χ2v) is 6.25. The van der Waals surface area contributed by atoms with Crippen molar-refractivity contribution in [3.8, 4) is 0 Å². The van der Waals surface area contributed by atoms with E-state index < -0.39 is 23.4 Å². The van der Waals surface area contributed by atoms with E-state index in [4.69, 9.17) is 16.3 Å². The largest absolute Gasteiger partial charge is 0.445 e. The van der Waals surface area contributed by atoms with E-state index in [2.05, 4.69) is 10.9 Å². The van der Waals surface area contributed by atoms with E-state index in [1.54, 1.807) is 42.5 Å². The molecule has 1 aliphatic heterocycles. The Labute approximate surface area is 149 Å². The Bertz CT molecular complexity index is 868. The highest BCUT2D eigenvalue weighted by atomic mass is 35.5. The number of rotatable bonds is 2. The lowest BCUT2D eigenvalue weighted by Crippen LogP contribution is -2.56. The van der Waals surface area contributed by atoms with Crippen LogP contribution in [0.1, 0.15) is 33.2 Å². The number of cyclic esters (lactones) is 1. The van der Waals surface area contributed by atoms with Gasteiger partial charge in [0.25, 0.3) is 11.8 Å². The summed E-state index contributed by atoms with van der Waals surface area (Å²) in [6, 6.07) is 13.4. The summed E-state index contributed by atoms with van der Waals surface area (Å²) in [5.41, 5.74) is 4.54. The maximum absolute atomic E-state index is 12.5. The van der Waals surface area contributed by atoms with Gasteiger partial charge in [0.05, 0.1) is 16.1 Å². The van der Waals surface area contributed by atoms with Crippen molar-refractivity contribution < 1.29 is 19.1 Å². The molecular formula is C18H15ClN2O4. The molecule has 1 unspecified atom stereocenters. The van der Waals surface area contributed by atoms with E-state index >= 15 is 0 Å². The van der Waals surface area contributed by atoms with Gasteiger partial charge in [0.2, 0.25) is 0 Å². The lowest BCUT2D eigenvalue weighted by atomic mass is 9.89. The first-order valence-electron chi connectivity index (χ1n) is 7.57. The van der Waals surface area contributed by atoms with Crippen LogP contribution < -0.4 is 10.9 Å². The fourth-order valence-electron chi connectivity index (χ4n) is 2.62. The second-order valence-electron chi connectivity index (χ2n) is 5.84. The van der Waals surface area contributed by atoms with Crippen molar-refractivity contribution in [2.24, 2.45) is 0 Å². The van der Waals surface area contributed by atoms with Gasteiger partial charge in [-0.05, 0) is 30.7 Å². The quantitative estimate of drug-likeness (QED) is 0.637. The van der Waals surface area contributed by atoms with E-state index in [1.807, 2.05) is 0 Å². The zero-order valence-corrected chi connectivity index (χ0v) is 14.1. The van der Waals surface area contributed by atoms with Crippen molar-refractivity contribution >= 4 is 29.4 Å². The number of hydrazine groups is 1. The maximum atomic E-state index is 12.5. The third kappa shape index (κ3) is 3.34. The maximum Gasteiger partial charge on any atom is 0.339 e. The van der Waals surface area contributed by atoms with E-state index in [-0.39, 0.29) is 17.0 Å². The van der Waals surface area contributed by atoms with Crippen LogP contribution in [0.4, 0.5) is 0 Å². The van der Waals surface area contributed by atoms with Gasteiger partial charge in [0.15, 0.2) is 5.60 Å². The average molecular weight is 359 g/mol. The van der Waals surface area contributed by atoms with Crippen molar-refractivity contribution in [1.29, 1.82) is 0 Å². The molecule has 128 valence electrons. The summed E-state index contributed by atoms with van der Waals surface area (Å²) in [5.74, 6) is -1.77. The van der Waals surface area contributed by atoms with Crippen molar-refractivity contribution in [2.45, 2.75) is 18.9 Å². The number of esters is 1. The number of carbonyl (C=O) groups is 3. The number of amides is 2. The molecule has 1 heterocycles.